The SMILES string of the molecule is CCN1CCN(C2=NC(c3ccc(OCC4OCCO4)cc3)(N3CCN(CC)CC3)C=C3SCC=C32)CC1. The fourth-order valence-electron chi connectivity index (χ4n) is 6.03. The van der Waals surface area contributed by atoms with Crippen LogP contribution in [0.5, 0.6) is 5.75 Å². The molecule has 1 unspecified atom stereocenters. The van der Waals surface area contributed by atoms with Gasteiger partial charge in [0.1, 0.15) is 18.2 Å². The first-order chi connectivity index (χ1) is 18.7. The van der Waals surface area contributed by atoms with Gasteiger partial charge in [0.05, 0.1) is 13.2 Å². The Kier molecular flexibility index (Phi) is 8.11. The second-order valence-electron chi connectivity index (χ2n) is 10.4. The van der Waals surface area contributed by atoms with Crippen LogP contribution < -0.4 is 4.74 Å². The number of rotatable bonds is 7. The molecule has 0 radical (unpaired) electrons. The van der Waals surface area contributed by atoms with Crippen molar-refractivity contribution in [3.63, 3.8) is 0 Å². The summed E-state index contributed by atoms with van der Waals surface area (Å²) in [6, 6.07) is 8.57. The number of aliphatic imine (C=N–C) groups is 1. The molecule has 0 saturated carbocycles. The van der Waals surface area contributed by atoms with Crippen molar-refractivity contribution in [2.45, 2.75) is 25.8 Å². The summed E-state index contributed by atoms with van der Waals surface area (Å²) < 4.78 is 17.1. The summed E-state index contributed by atoms with van der Waals surface area (Å²) in [5, 5.41) is 0. The van der Waals surface area contributed by atoms with Crippen LogP contribution in [0.25, 0.3) is 0 Å². The van der Waals surface area contributed by atoms with Gasteiger partial charge in [0.15, 0.2) is 12.0 Å². The maximum Gasteiger partial charge on any atom is 0.191 e. The summed E-state index contributed by atoms with van der Waals surface area (Å²) in [6.45, 7) is 16.8. The first-order valence-electron chi connectivity index (χ1n) is 14.3. The van der Waals surface area contributed by atoms with Crippen LogP contribution in [0.2, 0.25) is 0 Å². The lowest BCUT2D eigenvalue weighted by Gasteiger charge is -2.47. The highest BCUT2D eigenvalue weighted by atomic mass is 32.2. The van der Waals surface area contributed by atoms with Crippen molar-refractivity contribution in [2.75, 3.05) is 91.0 Å². The first-order valence-corrected chi connectivity index (χ1v) is 15.2. The zero-order valence-corrected chi connectivity index (χ0v) is 23.6. The van der Waals surface area contributed by atoms with Gasteiger partial charge in [0.2, 0.25) is 0 Å². The average molecular weight is 540 g/mol. The normalized spacial score (nSPS) is 27.7. The maximum atomic E-state index is 6.00. The third-order valence-corrected chi connectivity index (χ3v) is 9.40. The van der Waals surface area contributed by atoms with Gasteiger partial charge in [-0.3, -0.25) is 4.90 Å². The molecule has 9 heteroatoms. The Hall–Kier alpha value is -1.88. The van der Waals surface area contributed by atoms with Crippen LogP contribution in [-0.4, -0.2) is 123 Å². The zero-order valence-electron chi connectivity index (χ0n) is 22.8. The molecule has 0 bridgehead atoms. The molecule has 5 aliphatic heterocycles. The van der Waals surface area contributed by atoms with E-state index in [9.17, 15) is 0 Å². The molecule has 5 aliphatic rings. The van der Waals surface area contributed by atoms with E-state index >= 15 is 0 Å². The van der Waals surface area contributed by atoms with E-state index in [0.717, 1.165) is 76.9 Å². The Morgan fingerprint density at radius 1 is 0.921 bits per heavy atom. The minimum absolute atomic E-state index is 0.274. The number of benzene rings is 1. The Balaban J connectivity index is 1.33. The van der Waals surface area contributed by atoms with Crippen LogP contribution in [0, 0.1) is 0 Å². The molecule has 206 valence electrons. The summed E-state index contributed by atoms with van der Waals surface area (Å²) in [5.41, 5.74) is 2.02. The van der Waals surface area contributed by atoms with Gasteiger partial charge in [-0.15, -0.1) is 11.8 Å². The van der Waals surface area contributed by atoms with E-state index in [4.69, 9.17) is 19.2 Å². The van der Waals surface area contributed by atoms with Crippen molar-refractivity contribution >= 4 is 17.6 Å². The standard InChI is InChI=1S/C29H41N5O3S/c1-3-31-10-14-33(15-11-31)28-25-9-20-38-26(25)21-29(30-28,34-16-12-32(4-2)13-17-34)23-5-7-24(8-6-23)37-22-27-35-18-19-36-27/h5-9,21,27H,3-4,10-20,22H2,1-2H3. The highest BCUT2D eigenvalue weighted by Gasteiger charge is 2.44. The Morgan fingerprint density at radius 3 is 2.24 bits per heavy atom. The predicted octanol–water partition coefficient (Wildman–Crippen LogP) is 2.84. The molecule has 1 atom stereocenters. The molecule has 0 amide bonds. The van der Waals surface area contributed by atoms with E-state index in [2.05, 4.69) is 69.9 Å². The summed E-state index contributed by atoms with van der Waals surface area (Å²) in [7, 11) is 0. The fourth-order valence-corrected chi connectivity index (χ4v) is 7.04. The van der Waals surface area contributed by atoms with Crippen LogP contribution >= 0.6 is 11.8 Å². The Morgan fingerprint density at radius 2 is 1.58 bits per heavy atom. The first kappa shape index (κ1) is 26.3. The second-order valence-corrected chi connectivity index (χ2v) is 11.5. The number of hydrogen-bond acceptors (Lipinski definition) is 9. The Bertz CT molecular complexity index is 1050. The van der Waals surface area contributed by atoms with Gasteiger partial charge >= 0.3 is 0 Å². The van der Waals surface area contributed by atoms with Crippen molar-refractivity contribution < 1.29 is 14.2 Å². The van der Waals surface area contributed by atoms with E-state index < -0.39 is 5.66 Å². The molecular formula is C29H41N5O3S. The van der Waals surface area contributed by atoms with Gasteiger partial charge in [-0.1, -0.05) is 32.1 Å². The minimum atomic E-state index is -0.517. The van der Waals surface area contributed by atoms with Gasteiger partial charge in [-0.05, 0) is 36.9 Å². The van der Waals surface area contributed by atoms with Gasteiger partial charge in [0, 0.05) is 68.6 Å². The number of amidine groups is 1. The molecule has 6 rings (SSSR count). The van der Waals surface area contributed by atoms with Gasteiger partial charge in [-0.25, -0.2) is 4.99 Å². The lowest BCUT2D eigenvalue weighted by molar-refractivity contribution is -0.0684. The molecule has 8 nitrogen and oxygen atoms in total. The van der Waals surface area contributed by atoms with Crippen molar-refractivity contribution in [2.24, 2.45) is 4.99 Å². The lowest BCUT2D eigenvalue weighted by atomic mass is 9.92. The monoisotopic (exact) mass is 539 g/mol. The van der Waals surface area contributed by atoms with Crippen molar-refractivity contribution in [1.82, 2.24) is 19.6 Å². The number of piperazine rings is 2. The van der Waals surface area contributed by atoms with Crippen molar-refractivity contribution in [1.29, 1.82) is 0 Å². The van der Waals surface area contributed by atoms with E-state index in [0.29, 0.717) is 19.8 Å². The number of likely N-dealkylation sites (N-methyl/N-ethyl adjacent to an activating group) is 2. The minimum Gasteiger partial charge on any atom is -0.488 e. The molecular weight excluding hydrogens is 498 g/mol. The topological polar surface area (TPSA) is 53.0 Å². The smallest absolute Gasteiger partial charge is 0.191 e. The molecule has 38 heavy (non-hydrogen) atoms. The summed E-state index contributed by atoms with van der Waals surface area (Å²) in [4.78, 5) is 17.3. The molecule has 0 N–H and O–H groups in total. The van der Waals surface area contributed by atoms with Crippen LogP contribution in [0.1, 0.15) is 19.4 Å². The number of thioether (sulfide) groups is 1. The molecule has 3 fully saturated rings. The lowest BCUT2D eigenvalue weighted by Crippen LogP contribution is -2.56. The molecule has 5 heterocycles. The number of dihydropyridines is 1. The van der Waals surface area contributed by atoms with E-state index in [1.807, 2.05) is 11.8 Å². The molecule has 3 saturated heterocycles. The Labute approximate surface area is 231 Å². The van der Waals surface area contributed by atoms with Crippen LogP contribution in [0.15, 0.2) is 51.9 Å². The predicted molar refractivity (Wildman–Crippen MR) is 153 cm³/mol. The zero-order chi connectivity index (χ0) is 26.0. The van der Waals surface area contributed by atoms with E-state index in [1.54, 1.807) is 0 Å². The number of ether oxygens (including phenoxy) is 3. The number of hydrogen-bond donors (Lipinski definition) is 0. The van der Waals surface area contributed by atoms with E-state index in [-0.39, 0.29) is 6.29 Å². The maximum absolute atomic E-state index is 6.00. The second kappa shape index (κ2) is 11.7. The van der Waals surface area contributed by atoms with Crippen LogP contribution in [0.3, 0.4) is 0 Å². The number of nitrogens with zero attached hydrogens (tertiary/aromatic N) is 5. The molecule has 0 spiro atoms. The molecule has 0 aliphatic carbocycles. The van der Waals surface area contributed by atoms with Gasteiger partial charge < -0.3 is 28.9 Å². The van der Waals surface area contributed by atoms with Crippen LogP contribution in [0.4, 0.5) is 0 Å². The van der Waals surface area contributed by atoms with Gasteiger partial charge in [0.25, 0.3) is 0 Å². The highest BCUT2D eigenvalue weighted by Crippen LogP contribution is 2.45. The fraction of sp³-hybridized carbons (Fsp3) is 0.621. The summed E-state index contributed by atoms with van der Waals surface area (Å²) in [6.07, 6.45) is 4.55. The third-order valence-electron chi connectivity index (χ3n) is 8.42. The van der Waals surface area contributed by atoms with Crippen LogP contribution in [-0.2, 0) is 15.1 Å². The third kappa shape index (κ3) is 5.29. The molecule has 1 aromatic rings. The van der Waals surface area contributed by atoms with E-state index in [1.165, 1.54) is 21.9 Å². The van der Waals surface area contributed by atoms with Gasteiger partial charge in [-0.2, -0.15) is 0 Å². The van der Waals surface area contributed by atoms with Crippen molar-refractivity contribution in [3.8, 4) is 5.75 Å². The summed E-state index contributed by atoms with van der Waals surface area (Å²) >= 11 is 1.95. The summed E-state index contributed by atoms with van der Waals surface area (Å²) in [5.74, 6) is 3.03. The molecule has 0 aromatic heterocycles. The quantitative estimate of drug-likeness (QED) is 0.525. The average Bonchev–Trinajstić information content (AvgIpc) is 3.68. The number of fused-ring (bicyclic) bond motifs is 1. The van der Waals surface area contributed by atoms with Crippen molar-refractivity contribution in [3.05, 3.63) is 52.5 Å². The largest absolute Gasteiger partial charge is 0.488 e. The highest BCUT2D eigenvalue weighted by molar-refractivity contribution is 8.03. The molecule has 1 aromatic carbocycles.